The number of benzene rings is 1. The van der Waals surface area contributed by atoms with Gasteiger partial charge in [0.15, 0.2) is 21.5 Å². The molecule has 6 heteroatoms. The minimum absolute atomic E-state index is 0.0837. The molecule has 2 rings (SSSR count). The van der Waals surface area contributed by atoms with Crippen LogP contribution in [0.4, 0.5) is 8.78 Å². The van der Waals surface area contributed by atoms with Gasteiger partial charge in [-0.25, -0.2) is 17.2 Å². The Bertz CT molecular complexity index is 578. The first-order valence-corrected chi connectivity index (χ1v) is 7.58. The molecule has 1 unspecified atom stereocenters. The van der Waals surface area contributed by atoms with Gasteiger partial charge in [0.1, 0.15) is 0 Å². The van der Waals surface area contributed by atoms with E-state index in [1.54, 1.807) is 6.92 Å². The summed E-state index contributed by atoms with van der Waals surface area (Å²) in [5.74, 6) is -2.10. The van der Waals surface area contributed by atoms with Gasteiger partial charge in [-0.1, -0.05) is 0 Å². The van der Waals surface area contributed by atoms with E-state index in [4.69, 9.17) is 0 Å². The van der Waals surface area contributed by atoms with Crippen LogP contribution in [0, 0.1) is 11.6 Å². The minimum Gasteiger partial charge on any atom is -0.308 e. The van der Waals surface area contributed by atoms with Crippen LogP contribution in [0.2, 0.25) is 0 Å². The maximum Gasteiger partial charge on any atom is 0.175 e. The van der Waals surface area contributed by atoms with Crippen molar-refractivity contribution in [2.45, 2.75) is 30.2 Å². The van der Waals surface area contributed by atoms with Crippen LogP contribution >= 0.6 is 0 Å². The fourth-order valence-electron chi connectivity index (χ4n) is 2.30. The predicted molar refractivity (Wildman–Crippen MR) is 64.1 cm³/mol. The van der Waals surface area contributed by atoms with Crippen LogP contribution in [0.3, 0.4) is 0 Å². The van der Waals surface area contributed by atoms with Gasteiger partial charge in [0.25, 0.3) is 0 Å². The first kappa shape index (κ1) is 13.4. The van der Waals surface area contributed by atoms with Crippen molar-refractivity contribution in [2.24, 2.45) is 0 Å². The SMILES string of the molecule is CC1(c2cc(S(C)(=O)=O)cc(F)c2F)CCCN1. The van der Waals surface area contributed by atoms with Crippen molar-refractivity contribution in [3.8, 4) is 0 Å². The average Bonchev–Trinajstić information content (AvgIpc) is 2.68. The number of hydrogen-bond donors (Lipinski definition) is 1. The molecule has 1 fully saturated rings. The molecule has 1 heterocycles. The summed E-state index contributed by atoms with van der Waals surface area (Å²) in [5.41, 5.74) is -0.619. The summed E-state index contributed by atoms with van der Waals surface area (Å²) in [4.78, 5) is -0.189. The molecule has 100 valence electrons. The zero-order chi connectivity index (χ0) is 13.6. The van der Waals surface area contributed by atoms with Crippen LogP contribution < -0.4 is 5.32 Å². The largest absolute Gasteiger partial charge is 0.308 e. The Morgan fingerprint density at radius 2 is 2.00 bits per heavy atom. The van der Waals surface area contributed by atoms with Crippen LogP contribution in [0.25, 0.3) is 0 Å². The number of halogens is 2. The van der Waals surface area contributed by atoms with Gasteiger partial charge < -0.3 is 5.32 Å². The fourth-order valence-corrected chi connectivity index (χ4v) is 2.95. The van der Waals surface area contributed by atoms with Crippen LogP contribution in [0.1, 0.15) is 25.3 Å². The van der Waals surface area contributed by atoms with E-state index < -0.39 is 27.0 Å². The molecular formula is C12H15F2NO2S. The Balaban J connectivity index is 2.63. The number of rotatable bonds is 2. The molecule has 0 radical (unpaired) electrons. The first-order valence-electron chi connectivity index (χ1n) is 5.69. The monoisotopic (exact) mass is 275 g/mol. The van der Waals surface area contributed by atoms with Crippen molar-refractivity contribution < 1.29 is 17.2 Å². The lowest BCUT2D eigenvalue weighted by Gasteiger charge is -2.26. The van der Waals surface area contributed by atoms with Gasteiger partial charge in [-0.2, -0.15) is 0 Å². The van der Waals surface area contributed by atoms with E-state index in [1.807, 2.05) is 0 Å². The summed E-state index contributed by atoms with van der Waals surface area (Å²) in [6.45, 7) is 2.46. The Kier molecular flexibility index (Phi) is 3.19. The van der Waals surface area contributed by atoms with E-state index in [1.165, 1.54) is 6.07 Å². The fraction of sp³-hybridized carbons (Fsp3) is 0.500. The van der Waals surface area contributed by atoms with Gasteiger partial charge in [-0.3, -0.25) is 0 Å². The lowest BCUT2D eigenvalue weighted by atomic mass is 9.90. The highest BCUT2D eigenvalue weighted by Gasteiger charge is 2.34. The molecule has 0 aliphatic carbocycles. The molecule has 1 saturated heterocycles. The molecule has 1 atom stereocenters. The zero-order valence-electron chi connectivity index (χ0n) is 10.3. The maximum absolute atomic E-state index is 13.9. The second-order valence-corrected chi connectivity index (χ2v) is 6.92. The topological polar surface area (TPSA) is 46.2 Å². The van der Waals surface area contributed by atoms with E-state index in [9.17, 15) is 17.2 Å². The van der Waals surface area contributed by atoms with Crippen molar-refractivity contribution >= 4 is 9.84 Å². The first-order chi connectivity index (χ1) is 8.24. The Hall–Kier alpha value is -1.01. The summed E-state index contributed by atoms with van der Waals surface area (Å²) in [5, 5.41) is 3.09. The van der Waals surface area contributed by atoms with Crippen molar-refractivity contribution in [3.63, 3.8) is 0 Å². The van der Waals surface area contributed by atoms with Gasteiger partial charge in [-0.05, 0) is 38.4 Å². The predicted octanol–water partition coefficient (Wildman–Crippen LogP) is 1.97. The summed E-state index contributed by atoms with van der Waals surface area (Å²) in [6.07, 6.45) is 2.48. The summed E-state index contributed by atoms with van der Waals surface area (Å²) < 4.78 is 50.3. The van der Waals surface area contributed by atoms with Gasteiger partial charge in [-0.15, -0.1) is 0 Å². The molecular weight excluding hydrogens is 260 g/mol. The van der Waals surface area contributed by atoms with Gasteiger partial charge >= 0.3 is 0 Å². The molecule has 18 heavy (non-hydrogen) atoms. The molecule has 1 aliphatic rings. The van der Waals surface area contributed by atoms with E-state index >= 15 is 0 Å². The highest BCUT2D eigenvalue weighted by Crippen LogP contribution is 2.34. The maximum atomic E-state index is 13.9. The Labute approximate surface area is 105 Å². The number of hydrogen-bond acceptors (Lipinski definition) is 3. The Morgan fingerprint density at radius 3 is 2.50 bits per heavy atom. The average molecular weight is 275 g/mol. The van der Waals surface area contributed by atoms with Gasteiger partial charge in [0.05, 0.1) is 4.90 Å². The van der Waals surface area contributed by atoms with E-state index in [-0.39, 0.29) is 10.5 Å². The highest BCUT2D eigenvalue weighted by molar-refractivity contribution is 7.90. The van der Waals surface area contributed by atoms with Crippen molar-refractivity contribution in [1.29, 1.82) is 0 Å². The number of sulfone groups is 1. The molecule has 0 aromatic heterocycles. The van der Waals surface area contributed by atoms with Gasteiger partial charge in [0.2, 0.25) is 0 Å². The van der Waals surface area contributed by atoms with E-state index in [0.717, 1.165) is 18.7 Å². The van der Waals surface area contributed by atoms with Crippen LogP contribution in [0.15, 0.2) is 17.0 Å². The lowest BCUT2D eigenvalue weighted by Crippen LogP contribution is -2.34. The van der Waals surface area contributed by atoms with Gasteiger partial charge in [0, 0.05) is 17.4 Å². The normalized spacial score (nSPS) is 24.4. The minimum atomic E-state index is -3.56. The molecule has 0 bridgehead atoms. The third-order valence-corrected chi connectivity index (χ3v) is 4.49. The quantitative estimate of drug-likeness (QED) is 0.839. The Morgan fingerprint density at radius 1 is 1.33 bits per heavy atom. The lowest BCUT2D eigenvalue weighted by molar-refractivity contribution is 0.393. The molecule has 0 amide bonds. The number of nitrogens with one attached hydrogen (secondary N) is 1. The highest BCUT2D eigenvalue weighted by atomic mass is 32.2. The van der Waals surface area contributed by atoms with Crippen molar-refractivity contribution in [1.82, 2.24) is 5.32 Å². The summed E-state index contributed by atoms with van der Waals surface area (Å²) in [6, 6.07) is 1.96. The summed E-state index contributed by atoms with van der Waals surface area (Å²) >= 11 is 0. The van der Waals surface area contributed by atoms with Crippen LogP contribution in [0.5, 0.6) is 0 Å². The third kappa shape index (κ3) is 2.27. The molecule has 3 nitrogen and oxygen atoms in total. The van der Waals surface area contributed by atoms with E-state index in [0.29, 0.717) is 13.0 Å². The zero-order valence-corrected chi connectivity index (χ0v) is 11.1. The molecule has 1 aromatic carbocycles. The summed E-state index contributed by atoms with van der Waals surface area (Å²) in [7, 11) is -3.56. The second kappa shape index (κ2) is 4.28. The molecule has 1 aromatic rings. The molecule has 1 N–H and O–H groups in total. The third-order valence-electron chi connectivity index (χ3n) is 3.39. The second-order valence-electron chi connectivity index (χ2n) is 4.90. The van der Waals surface area contributed by atoms with E-state index in [2.05, 4.69) is 5.32 Å². The standard InChI is InChI=1S/C12H15F2NO2S/c1-12(4-3-5-15-12)9-6-8(18(2,16)17)7-10(13)11(9)14/h6-7,15H,3-5H2,1-2H3. The van der Waals surface area contributed by atoms with Crippen LogP contribution in [-0.4, -0.2) is 21.2 Å². The van der Waals surface area contributed by atoms with Crippen molar-refractivity contribution in [2.75, 3.05) is 12.8 Å². The molecule has 0 saturated carbocycles. The smallest absolute Gasteiger partial charge is 0.175 e. The van der Waals surface area contributed by atoms with Crippen LogP contribution in [-0.2, 0) is 15.4 Å². The molecule has 1 aliphatic heterocycles. The molecule has 0 spiro atoms. The van der Waals surface area contributed by atoms with Crippen molar-refractivity contribution in [3.05, 3.63) is 29.3 Å².